The number of urea groups is 1. The predicted molar refractivity (Wildman–Crippen MR) is 74.6 cm³/mol. The summed E-state index contributed by atoms with van der Waals surface area (Å²) in [5.74, 6) is 0. The zero-order valence-corrected chi connectivity index (χ0v) is 12.0. The molecule has 2 amide bonds. The summed E-state index contributed by atoms with van der Waals surface area (Å²) < 4.78 is 3.70. The number of nitrogens with one attached hydrogen (secondary N) is 2. The molecule has 19 heavy (non-hydrogen) atoms. The van der Waals surface area contributed by atoms with Crippen LogP contribution >= 0.6 is 22.9 Å². The van der Waals surface area contributed by atoms with Crippen molar-refractivity contribution in [3.05, 3.63) is 21.8 Å². The summed E-state index contributed by atoms with van der Waals surface area (Å²) >= 11 is 2.88. The SMILES string of the molecule is Cc1nc2c(s1)CCC[C@H]2NC(=O)Nc1cnns1. The molecule has 2 aromatic heterocycles. The van der Waals surface area contributed by atoms with Crippen molar-refractivity contribution in [2.45, 2.75) is 32.2 Å². The van der Waals surface area contributed by atoms with E-state index in [9.17, 15) is 4.79 Å². The normalized spacial score (nSPS) is 17.8. The first-order chi connectivity index (χ1) is 9.22. The molecule has 1 atom stereocenters. The van der Waals surface area contributed by atoms with Gasteiger partial charge in [-0.3, -0.25) is 5.32 Å². The zero-order valence-electron chi connectivity index (χ0n) is 10.3. The van der Waals surface area contributed by atoms with E-state index < -0.39 is 0 Å². The van der Waals surface area contributed by atoms with E-state index in [1.54, 1.807) is 11.3 Å². The lowest BCUT2D eigenvalue weighted by Crippen LogP contribution is -2.34. The average Bonchev–Trinajstić information content (AvgIpc) is 2.97. The smallest absolute Gasteiger partial charge is 0.320 e. The van der Waals surface area contributed by atoms with Crippen molar-refractivity contribution in [1.82, 2.24) is 19.9 Å². The van der Waals surface area contributed by atoms with Crippen LogP contribution < -0.4 is 10.6 Å². The molecule has 0 spiro atoms. The minimum atomic E-state index is -0.227. The van der Waals surface area contributed by atoms with E-state index in [2.05, 4.69) is 25.2 Å². The predicted octanol–water partition coefficient (Wildman–Crippen LogP) is 2.50. The molecule has 1 aliphatic carbocycles. The molecule has 0 aromatic carbocycles. The number of thiazole rings is 1. The standard InChI is InChI=1S/C11H13N5OS2/c1-6-13-10-7(3-2-4-8(10)18-6)14-11(17)15-9-5-12-16-19-9/h5,7H,2-4H2,1H3,(H2,14,15,17)/t7-/m1/s1. The van der Waals surface area contributed by atoms with E-state index in [1.165, 1.54) is 11.1 Å². The summed E-state index contributed by atoms with van der Waals surface area (Å²) in [5, 5.41) is 11.1. The number of hydrogen-bond acceptors (Lipinski definition) is 6. The highest BCUT2D eigenvalue weighted by atomic mass is 32.1. The number of carbonyl (C=O) groups is 1. The third kappa shape index (κ3) is 2.74. The quantitative estimate of drug-likeness (QED) is 0.892. The van der Waals surface area contributed by atoms with Crippen molar-refractivity contribution < 1.29 is 4.79 Å². The Labute approximate surface area is 118 Å². The van der Waals surface area contributed by atoms with Gasteiger partial charge in [0.2, 0.25) is 0 Å². The van der Waals surface area contributed by atoms with Gasteiger partial charge >= 0.3 is 6.03 Å². The molecule has 0 aliphatic heterocycles. The fraction of sp³-hybridized carbons (Fsp3) is 0.455. The number of aromatic nitrogens is 3. The second-order valence-corrected chi connectivity index (χ2v) is 6.44. The van der Waals surface area contributed by atoms with Crippen molar-refractivity contribution in [3.63, 3.8) is 0 Å². The molecule has 2 N–H and O–H groups in total. The van der Waals surface area contributed by atoms with E-state index in [0.29, 0.717) is 5.00 Å². The van der Waals surface area contributed by atoms with Crippen molar-refractivity contribution in [1.29, 1.82) is 0 Å². The van der Waals surface area contributed by atoms with Gasteiger partial charge in [0.05, 0.1) is 22.9 Å². The Morgan fingerprint density at radius 3 is 3.21 bits per heavy atom. The Hall–Kier alpha value is -1.54. The van der Waals surface area contributed by atoms with Crippen molar-refractivity contribution in [2.75, 3.05) is 5.32 Å². The average molecular weight is 295 g/mol. The molecule has 0 saturated heterocycles. The third-order valence-corrected chi connectivity index (χ3v) is 4.59. The van der Waals surface area contributed by atoms with E-state index in [-0.39, 0.29) is 12.1 Å². The maximum atomic E-state index is 11.9. The Kier molecular flexibility index (Phi) is 3.43. The third-order valence-electron chi connectivity index (χ3n) is 2.96. The molecule has 0 radical (unpaired) electrons. The Morgan fingerprint density at radius 1 is 1.53 bits per heavy atom. The van der Waals surface area contributed by atoms with Crippen LogP contribution in [0.2, 0.25) is 0 Å². The van der Waals surface area contributed by atoms with Crippen LogP contribution in [0.5, 0.6) is 0 Å². The molecule has 0 bridgehead atoms. The lowest BCUT2D eigenvalue weighted by molar-refractivity contribution is 0.247. The monoisotopic (exact) mass is 295 g/mol. The van der Waals surface area contributed by atoms with Gasteiger partial charge in [0.1, 0.15) is 5.00 Å². The van der Waals surface area contributed by atoms with E-state index in [0.717, 1.165) is 41.5 Å². The second kappa shape index (κ2) is 5.22. The maximum absolute atomic E-state index is 11.9. The first-order valence-corrected chi connectivity index (χ1v) is 7.62. The van der Waals surface area contributed by atoms with Crippen LogP contribution in [0.3, 0.4) is 0 Å². The summed E-state index contributed by atoms with van der Waals surface area (Å²) in [6, 6.07) is -0.218. The Balaban J connectivity index is 1.69. The number of carbonyl (C=O) groups excluding carboxylic acids is 1. The van der Waals surface area contributed by atoms with Crippen LogP contribution in [0.1, 0.15) is 34.5 Å². The number of nitrogens with zero attached hydrogens (tertiary/aromatic N) is 3. The molecule has 2 aromatic rings. The lowest BCUT2D eigenvalue weighted by Gasteiger charge is -2.22. The van der Waals surface area contributed by atoms with Gasteiger partial charge in [-0.2, -0.15) is 0 Å². The van der Waals surface area contributed by atoms with Gasteiger partial charge in [-0.25, -0.2) is 9.78 Å². The van der Waals surface area contributed by atoms with Gasteiger partial charge in [0.25, 0.3) is 0 Å². The number of aryl methyl sites for hydroxylation is 2. The zero-order chi connectivity index (χ0) is 13.2. The molecule has 0 saturated carbocycles. The molecule has 0 unspecified atom stereocenters. The summed E-state index contributed by atoms with van der Waals surface area (Å²) in [4.78, 5) is 17.7. The second-order valence-electron chi connectivity index (χ2n) is 4.37. The van der Waals surface area contributed by atoms with Crippen molar-refractivity contribution in [2.24, 2.45) is 0 Å². The Bertz CT molecular complexity index is 580. The highest BCUT2D eigenvalue weighted by Gasteiger charge is 2.25. The molecular weight excluding hydrogens is 282 g/mol. The number of fused-ring (bicyclic) bond motifs is 1. The van der Waals surface area contributed by atoms with E-state index >= 15 is 0 Å². The van der Waals surface area contributed by atoms with Crippen molar-refractivity contribution in [3.8, 4) is 0 Å². The van der Waals surface area contributed by atoms with Gasteiger partial charge in [0, 0.05) is 16.4 Å². The van der Waals surface area contributed by atoms with Crippen molar-refractivity contribution >= 4 is 33.9 Å². The summed E-state index contributed by atoms with van der Waals surface area (Å²) in [6.07, 6.45) is 4.62. The molecule has 1 aliphatic rings. The molecule has 6 nitrogen and oxygen atoms in total. The number of hydrogen-bond donors (Lipinski definition) is 2. The van der Waals surface area contributed by atoms with E-state index in [1.807, 2.05) is 6.92 Å². The molecule has 3 rings (SSSR count). The summed E-state index contributed by atoms with van der Waals surface area (Å²) in [6.45, 7) is 2.00. The van der Waals surface area contributed by atoms with Crippen LogP contribution in [-0.2, 0) is 6.42 Å². The fourth-order valence-corrected chi connectivity index (χ4v) is 3.66. The van der Waals surface area contributed by atoms with Crippen LogP contribution in [0, 0.1) is 6.92 Å². The minimum absolute atomic E-state index is 0.00887. The fourth-order valence-electron chi connectivity index (χ4n) is 2.21. The van der Waals surface area contributed by atoms with Gasteiger partial charge in [0.15, 0.2) is 0 Å². The lowest BCUT2D eigenvalue weighted by atomic mass is 9.98. The number of anilines is 1. The largest absolute Gasteiger partial charge is 0.329 e. The van der Waals surface area contributed by atoms with Crippen LogP contribution in [0.15, 0.2) is 6.20 Å². The Morgan fingerprint density at radius 2 is 2.42 bits per heavy atom. The molecule has 100 valence electrons. The van der Waals surface area contributed by atoms with Crippen LogP contribution in [0.4, 0.5) is 9.80 Å². The van der Waals surface area contributed by atoms with Crippen LogP contribution in [0.25, 0.3) is 0 Å². The minimum Gasteiger partial charge on any atom is -0.329 e. The maximum Gasteiger partial charge on any atom is 0.320 e. The number of amides is 2. The topological polar surface area (TPSA) is 79.8 Å². The first kappa shape index (κ1) is 12.5. The molecule has 2 heterocycles. The van der Waals surface area contributed by atoms with Gasteiger partial charge < -0.3 is 5.32 Å². The molecule has 8 heteroatoms. The highest BCUT2D eigenvalue weighted by Crippen LogP contribution is 2.32. The first-order valence-electron chi connectivity index (χ1n) is 6.03. The summed E-state index contributed by atoms with van der Waals surface area (Å²) in [5.41, 5.74) is 1.03. The van der Waals surface area contributed by atoms with Gasteiger partial charge in [-0.05, 0) is 26.2 Å². The number of rotatable bonds is 2. The van der Waals surface area contributed by atoms with E-state index in [4.69, 9.17) is 0 Å². The van der Waals surface area contributed by atoms with Crippen LogP contribution in [-0.4, -0.2) is 20.6 Å². The highest BCUT2D eigenvalue weighted by molar-refractivity contribution is 7.11. The molecule has 0 fully saturated rings. The van der Waals surface area contributed by atoms with Gasteiger partial charge in [-0.1, -0.05) is 4.49 Å². The van der Waals surface area contributed by atoms with Gasteiger partial charge in [-0.15, -0.1) is 16.4 Å². The molecular formula is C11H13N5OS2. The summed E-state index contributed by atoms with van der Waals surface area (Å²) in [7, 11) is 0.